The van der Waals surface area contributed by atoms with E-state index in [9.17, 15) is 4.79 Å². The molecule has 3 aromatic rings. The molecule has 1 atom stereocenters. The second kappa shape index (κ2) is 18.2. The maximum Gasteiger partial charge on any atom is 0.311 e. The average molecular weight is 545 g/mol. The number of hydrogen-bond donors (Lipinski definition) is 0. The number of unbranched alkanes of at least 4 members (excludes halogenated alkanes) is 7. The summed E-state index contributed by atoms with van der Waals surface area (Å²) < 4.78 is 11.4. The second-order valence-electron chi connectivity index (χ2n) is 10.9. The zero-order valence-corrected chi connectivity index (χ0v) is 24.9. The molecule has 0 amide bonds. The van der Waals surface area contributed by atoms with Gasteiger partial charge in [-0.2, -0.15) is 0 Å². The lowest BCUT2D eigenvalue weighted by atomic mass is 9.99. The van der Waals surface area contributed by atoms with Crippen LogP contribution in [-0.4, -0.2) is 22.5 Å². The fraction of sp³-hybridized carbons (Fsp3) is 0.514. The van der Waals surface area contributed by atoms with E-state index in [-0.39, 0.29) is 5.97 Å². The zero-order chi connectivity index (χ0) is 28.4. The molecule has 0 aliphatic carbocycles. The van der Waals surface area contributed by atoms with Gasteiger partial charge in [0.25, 0.3) is 0 Å². The summed E-state index contributed by atoms with van der Waals surface area (Å²) in [6, 6.07) is 15.5. The van der Waals surface area contributed by atoms with Crippen molar-refractivity contribution in [1.29, 1.82) is 0 Å². The first-order chi connectivity index (χ1) is 19.6. The van der Waals surface area contributed by atoms with Crippen molar-refractivity contribution in [1.82, 2.24) is 9.97 Å². The van der Waals surface area contributed by atoms with Crippen LogP contribution in [0.1, 0.15) is 104 Å². The van der Waals surface area contributed by atoms with Crippen molar-refractivity contribution in [3.8, 4) is 34.0 Å². The van der Waals surface area contributed by atoms with E-state index in [1.54, 1.807) is 0 Å². The van der Waals surface area contributed by atoms with E-state index in [0.717, 1.165) is 54.2 Å². The number of carbonyl (C=O) groups excluding carboxylic acids is 1. The summed E-state index contributed by atoms with van der Waals surface area (Å²) in [6.07, 6.45) is 18.7. The normalized spacial score (nSPS) is 11.8. The number of aromatic nitrogens is 2. The smallest absolute Gasteiger partial charge is 0.311 e. The lowest BCUT2D eigenvalue weighted by Gasteiger charge is -2.09. The van der Waals surface area contributed by atoms with E-state index in [1.165, 1.54) is 57.8 Å². The Morgan fingerprint density at radius 2 is 1.30 bits per heavy atom. The summed E-state index contributed by atoms with van der Waals surface area (Å²) in [5, 5.41) is 0. The standard InChI is InChI=1S/C35H48N2O3/c1-4-6-7-8-9-10-13-25-39-32-21-19-30(20-22-32)35-36-26-31(27-37-35)29-17-23-33(24-18-29)40-34(38)16-12-11-15-28(3)14-5-2/h17-24,26-28H,4-16,25H2,1-3H3. The van der Waals surface area contributed by atoms with Crippen LogP contribution in [-0.2, 0) is 4.79 Å². The van der Waals surface area contributed by atoms with Gasteiger partial charge in [0.05, 0.1) is 6.61 Å². The van der Waals surface area contributed by atoms with E-state index in [1.807, 2.05) is 60.9 Å². The summed E-state index contributed by atoms with van der Waals surface area (Å²) in [4.78, 5) is 21.3. The first-order valence-electron chi connectivity index (χ1n) is 15.5. The van der Waals surface area contributed by atoms with E-state index in [4.69, 9.17) is 9.47 Å². The molecule has 0 bridgehead atoms. The quantitative estimate of drug-likeness (QED) is 0.0853. The molecule has 1 unspecified atom stereocenters. The third-order valence-corrected chi connectivity index (χ3v) is 7.31. The van der Waals surface area contributed by atoms with Gasteiger partial charge in [-0.05, 0) is 60.7 Å². The predicted molar refractivity (Wildman–Crippen MR) is 165 cm³/mol. The minimum Gasteiger partial charge on any atom is -0.494 e. The van der Waals surface area contributed by atoms with Crippen LogP contribution in [0.3, 0.4) is 0 Å². The summed E-state index contributed by atoms with van der Waals surface area (Å²) in [5.74, 6) is 2.69. The van der Waals surface area contributed by atoms with E-state index >= 15 is 0 Å². The highest BCUT2D eigenvalue weighted by atomic mass is 16.5. The predicted octanol–water partition coefficient (Wildman–Crippen LogP) is 9.84. The van der Waals surface area contributed by atoms with Crippen LogP contribution >= 0.6 is 0 Å². The Morgan fingerprint density at radius 3 is 1.98 bits per heavy atom. The summed E-state index contributed by atoms with van der Waals surface area (Å²) in [6.45, 7) is 7.51. The van der Waals surface area contributed by atoms with Crippen molar-refractivity contribution in [2.75, 3.05) is 6.61 Å². The molecule has 0 aliphatic heterocycles. The lowest BCUT2D eigenvalue weighted by molar-refractivity contribution is -0.134. The van der Waals surface area contributed by atoms with Crippen molar-refractivity contribution < 1.29 is 14.3 Å². The minimum absolute atomic E-state index is 0.169. The van der Waals surface area contributed by atoms with Gasteiger partial charge >= 0.3 is 5.97 Å². The van der Waals surface area contributed by atoms with Gasteiger partial charge in [0.15, 0.2) is 5.82 Å². The molecule has 216 valence electrons. The van der Waals surface area contributed by atoms with Crippen molar-refractivity contribution in [2.45, 2.75) is 104 Å². The molecule has 0 N–H and O–H groups in total. The van der Waals surface area contributed by atoms with E-state index in [2.05, 4.69) is 30.7 Å². The molecule has 0 spiro atoms. The molecule has 2 aromatic carbocycles. The van der Waals surface area contributed by atoms with Crippen LogP contribution in [0.4, 0.5) is 0 Å². The van der Waals surface area contributed by atoms with Crippen LogP contribution in [0.2, 0.25) is 0 Å². The highest BCUT2D eigenvalue weighted by molar-refractivity contribution is 5.73. The molecular weight excluding hydrogens is 496 g/mol. The molecule has 0 saturated carbocycles. The molecule has 40 heavy (non-hydrogen) atoms. The average Bonchev–Trinajstić information content (AvgIpc) is 2.98. The highest BCUT2D eigenvalue weighted by Crippen LogP contribution is 2.25. The first-order valence-corrected chi connectivity index (χ1v) is 15.5. The number of hydrogen-bond acceptors (Lipinski definition) is 5. The van der Waals surface area contributed by atoms with E-state index in [0.29, 0.717) is 18.0 Å². The van der Waals surface area contributed by atoms with Crippen molar-refractivity contribution in [3.63, 3.8) is 0 Å². The molecule has 5 nitrogen and oxygen atoms in total. The first kappa shape index (κ1) is 31.3. The van der Waals surface area contributed by atoms with E-state index < -0.39 is 0 Å². The van der Waals surface area contributed by atoms with Gasteiger partial charge < -0.3 is 9.47 Å². The molecule has 3 rings (SSSR count). The SMILES string of the molecule is CCCCCCCCCOc1ccc(-c2ncc(-c3ccc(OC(=O)CCCCC(C)CCC)cc3)cn2)cc1. The topological polar surface area (TPSA) is 61.3 Å². The molecule has 0 radical (unpaired) electrons. The van der Waals surface area contributed by atoms with Crippen LogP contribution in [0.5, 0.6) is 11.5 Å². The summed E-state index contributed by atoms with van der Waals surface area (Å²) >= 11 is 0. The monoisotopic (exact) mass is 544 g/mol. The largest absolute Gasteiger partial charge is 0.494 e. The van der Waals surface area contributed by atoms with Crippen LogP contribution < -0.4 is 9.47 Å². The van der Waals surface area contributed by atoms with Crippen molar-refractivity contribution in [3.05, 3.63) is 60.9 Å². The van der Waals surface area contributed by atoms with Crippen LogP contribution in [0.25, 0.3) is 22.5 Å². The fourth-order valence-corrected chi connectivity index (χ4v) is 4.87. The Hall–Kier alpha value is -3.21. The number of ether oxygens (including phenoxy) is 2. The molecule has 1 aromatic heterocycles. The summed E-state index contributed by atoms with van der Waals surface area (Å²) in [7, 11) is 0. The van der Waals surface area contributed by atoms with Gasteiger partial charge in [-0.25, -0.2) is 9.97 Å². The van der Waals surface area contributed by atoms with Crippen LogP contribution in [0, 0.1) is 5.92 Å². The minimum atomic E-state index is -0.169. The van der Waals surface area contributed by atoms with Gasteiger partial charge in [0, 0.05) is 29.9 Å². The Bertz CT molecular complexity index is 1090. The lowest BCUT2D eigenvalue weighted by Crippen LogP contribution is -2.07. The molecule has 0 fully saturated rings. The van der Waals surface area contributed by atoms with Gasteiger partial charge in [-0.3, -0.25) is 4.79 Å². The molecule has 0 aliphatic rings. The third kappa shape index (κ3) is 11.5. The molecule has 5 heteroatoms. The highest BCUT2D eigenvalue weighted by Gasteiger charge is 2.08. The fourth-order valence-electron chi connectivity index (χ4n) is 4.87. The Labute approximate surface area is 241 Å². The number of esters is 1. The van der Waals surface area contributed by atoms with Gasteiger partial charge in [0.1, 0.15) is 11.5 Å². The molecular formula is C35H48N2O3. The maximum atomic E-state index is 12.2. The zero-order valence-electron chi connectivity index (χ0n) is 24.9. The summed E-state index contributed by atoms with van der Waals surface area (Å²) in [5.41, 5.74) is 2.85. The van der Waals surface area contributed by atoms with Crippen LogP contribution in [0.15, 0.2) is 60.9 Å². The van der Waals surface area contributed by atoms with Gasteiger partial charge in [-0.15, -0.1) is 0 Å². The van der Waals surface area contributed by atoms with Crippen molar-refractivity contribution >= 4 is 5.97 Å². The number of nitrogens with zero attached hydrogens (tertiary/aromatic N) is 2. The Morgan fingerprint density at radius 1 is 0.675 bits per heavy atom. The number of carbonyl (C=O) groups is 1. The Kier molecular flexibility index (Phi) is 14.2. The second-order valence-corrected chi connectivity index (χ2v) is 10.9. The third-order valence-electron chi connectivity index (χ3n) is 7.31. The maximum absolute atomic E-state index is 12.2. The van der Waals surface area contributed by atoms with Gasteiger partial charge in [0.2, 0.25) is 0 Å². The number of benzene rings is 2. The molecule has 0 saturated heterocycles. The Balaban J connectivity index is 1.40. The number of rotatable bonds is 19. The van der Waals surface area contributed by atoms with Crippen molar-refractivity contribution in [2.24, 2.45) is 5.92 Å². The molecule has 1 heterocycles. The van der Waals surface area contributed by atoms with Gasteiger partial charge in [-0.1, -0.05) is 97.1 Å².